The molecule has 2 aliphatic heterocycles. The summed E-state index contributed by atoms with van der Waals surface area (Å²) >= 11 is 2.06. The summed E-state index contributed by atoms with van der Waals surface area (Å²) in [6.07, 6.45) is 3.43. The Morgan fingerprint density at radius 3 is 2.44 bits per heavy atom. The lowest BCUT2D eigenvalue weighted by molar-refractivity contribution is 0.0559. The van der Waals surface area contributed by atoms with Gasteiger partial charge in [-0.3, -0.25) is 9.69 Å². The molecule has 0 bridgehead atoms. The van der Waals surface area contributed by atoms with E-state index in [0.29, 0.717) is 13.2 Å². The minimum absolute atomic E-state index is 0.132. The SMILES string of the molecule is NCCCOc1ccc(C(=O)N2CCN(C3CCSCC3)CC2)cc1. The molecule has 0 radical (unpaired) electrons. The van der Waals surface area contributed by atoms with Crippen LogP contribution in [0, 0.1) is 0 Å². The molecule has 2 N–H and O–H groups in total. The highest BCUT2D eigenvalue weighted by Crippen LogP contribution is 2.23. The third kappa shape index (κ3) is 5.12. The number of nitrogens with zero attached hydrogens (tertiary/aromatic N) is 2. The van der Waals surface area contributed by atoms with Gasteiger partial charge < -0.3 is 15.4 Å². The molecule has 0 aliphatic carbocycles. The summed E-state index contributed by atoms with van der Waals surface area (Å²) in [5.41, 5.74) is 6.21. The first-order valence-electron chi connectivity index (χ1n) is 9.32. The molecule has 2 aliphatic rings. The maximum Gasteiger partial charge on any atom is 0.253 e. The van der Waals surface area contributed by atoms with Crippen LogP contribution in [0.15, 0.2) is 24.3 Å². The van der Waals surface area contributed by atoms with E-state index in [1.165, 1.54) is 24.3 Å². The van der Waals surface area contributed by atoms with Gasteiger partial charge in [0.1, 0.15) is 5.75 Å². The van der Waals surface area contributed by atoms with Gasteiger partial charge in [0.15, 0.2) is 0 Å². The second kappa shape index (κ2) is 9.46. The van der Waals surface area contributed by atoms with E-state index in [1.54, 1.807) is 0 Å². The van der Waals surface area contributed by atoms with Crippen molar-refractivity contribution in [3.63, 3.8) is 0 Å². The number of amides is 1. The standard InChI is InChI=1S/C19H29N3O2S/c20-8-1-13-24-18-4-2-16(3-5-18)19(23)22-11-9-21(10-12-22)17-6-14-25-15-7-17/h2-5,17H,1,6-15,20H2. The minimum atomic E-state index is 0.132. The largest absolute Gasteiger partial charge is 0.494 e. The zero-order valence-corrected chi connectivity index (χ0v) is 15.7. The van der Waals surface area contributed by atoms with Crippen molar-refractivity contribution in [2.45, 2.75) is 25.3 Å². The average molecular weight is 364 g/mol. The Morgan fingerprint density at radius 2 is 1.80 bits per heavy atom. The molecule has 6 heteroatoms. The van der Waals surface area contributed by atoms with E-state index in [-0.39, 0.29) is 5.91 Å². The molecule has 0 unspecified atom stereocenters. The summed E-state index contributed by atoms with van der Waals surface area (Å²) in [5, 5.41) is 0. The van der Waals surface area contributed by atoms with Crippen LogP contribution in [-0.2, 0) is 0 Å². The highest BCUT2D eigenvalue weighted by Gasteiger charge is 2.27. The lowest BCUT2D eigenvalue weighted by atomic mass is 10.1. The Labute approximate surface area is 154 Å². The Bertz CT molecular complexity index is 538. The topological polar surface area (TPSA) is 58.8 Å². The van der Waals surface area contributed by atoms with Gasteiger partial charge in [0.2, 0.25) is 0 Å². The van der Waals surface area contributed by atoms with E-state index in [1.807, 2.05) is 29.2 Å². The monoisotopic (exact) mass is 363 g/mol. The number of nitrogens with two attached hydrogens (primary N) is 1. The number of ether oxygens (including phenoxy) is 1. The van der Waals surface area contributed by atoms with Crippen LogP contribution in [0.4, 0.5) is 0 Å². The van der Waals surface area contributed by atoms with E-state index in [0.717, 1.165) is 50.0 Å². The van der Waals surface area contributed by atoms with E-state index >= 15 is 0 Å². The number of hydrogen-bond donors (Lipinski definition) is 1. The summed E-state index contributed by atoms with van der Waals surface area (Å²) in [6, 6.07) is 8.21. The van der Waals surface area contributed by atoms with Crippen LogP contribution >= 0.6 is 11.8 Å². The van der Waals surface area contributed by atoms with Gasteiger partial charge in [0.25, 0.3) is 5.91 Å². The summed E-state index contributed by atoms with van der Waals surface area (Å²) in [4.78, 5) is 17.3. The molecule has 0 saturated carbocycles. The maximum atomic E-state index is 12.7. The van der Waals surface area contributed by atoms with Gasteiger partial charge in [-0.15, -0.1) is 0 Å². The quantitative estimate of drug-likeness (QED) is 0.784. The van der Waals surface area contributed by atoms with Gasteiger partial charge in [-0.1, -0.05) is 0 Å². The van der Waals surface area contributed by atoms with Crippen molar-refractivity contribution < 1.29 is 9.53 Å². The second-order valence-corrected chi connectivity index (χ2v) is 7.91. The predicted molar refractivity (Wildman–Crippen MR) is 103 cm³/mol. The molecule has 5 nitrogen and oxygen atoms in total. The Morgan fingerprint density at radius 1 is 1.12 bits per heavy atom. The van der Waals surface area contributed by atoms with Crippen molar-refractivity contribution in [3.05, 3.63) is 29.8 Å². The predicted octanol–water partition coefficient (Wildman–Crippen LogP) is 2.07. The molecule has 25 heavy (non-hydrogen) atoms. The van der Waals surface area contributed by atoms with Gasteiger partial charge in [0.05, 0.1) is 6.61 Å². The third-order valence-corrected chi connectivity index (χ3v) is 6.08. The molecule has 2 heterocycles. The van der Waals surface area contributed by atoms with Crippen LogP contribution < -0.4 is 10.5 Å². The Kier molecular flexibility index (Phi) is 7.02. The first kappa shape index (κ1) is 18.5. The summed E-state index contributed by atoms with van der Waals surface area (Å²) < 4.78 is 5.59. The average Bonchev–Trinajstić information content (AvgIpc) is 2.69. The van der Waals surface area contributed by atoms with Crippen LogP contribution in [0.3, 0.4) is 0 Å². The normalized spacial score (nSPS) is 19.8. The van der Waals surface area contributed by atoms with Crippen molar-refractivity contribution in [3.8, 4) is 5.75 Å². The van der Waals surface area contributed by atoms with Gasteiger partial charge in [-0.2, -0.15) is 11.8 Å². The summed E-state index contributed by atoms with van der Waals surface area (Å²) in [6.45, 7) is 4.91. The van der Waals surface area contributed by atoms with E-state index in [9.17, 15) is 4.79 Å². The van der Waals surface area contributed by atoms with Crippen LogP contribution in [-0.4, -0.2) is 72.6 Å². The zero-order chi connectivity index (χ0) is 17.5. The number of benzene rings is 1. The fraction of sp³-hybridized carbons (Fsp3) is 0.632. The number of hydrogen-bond acceptors (Lipinski definition) is 5. The molecular weight excluding hydrogens is 334 g/mol. The van der Waals surface area contributed by atoms with Crippen molar-refractivity contribution in [2.24, 2.45) is 5.73 Å². The molecule has 1 amide bonds. The zero-order valence-electron chi connectivity index (χ0n) is 14.9. The molecule has 3 rings (SSSR count). The molecule has 0 atom stereocenters. The summed E-state index contributed by atoms with van der Waals surface area (Å²) in [7, 11) is 0. The van der Waals surface area contributed by atoms with Gasteiger partial charge >= 0.3 is 0 Å². The smallest absolute Gasteiger partial charge is 0.253 e. The van der Waals surface area contributed by atoms with Crippen molar-refractivity contribution in [2.75, 3.05) is 50.8 Å². The van der Waals surface area contributed by atoms with Gasteiger partial charge in [-0.05, 0) is 61.6 Å². The van der Waals surface area contributed by atoms with E-state index < -0.39 is 0 Å². The van der Waals surface area contributed by atoms with Crippen molar-refractivity contribution in [1.82, 2.24) is 9.80 Å². The fourth-order valence-corrected chi connectivity index (χ4v) is 4.57. The van der Waals surface area contributed by atoms with Gasteiger partial charge in [0, 0.05) is 37.8 Å². The highest BCUT2D eigenvalue weighted by atomic mass is 32.2. The van der Waals surface area contributed by atoms with E-state index in [2.05, 4.69) is 16.7 Å². The van der Waals surface area contributed by atoms with Gasteiger partial charge in [-0.25, -0.2) is 0 Å². The molecular formula is C19H29N3O2S. The maximum absolute atomic E-state index is 12.7. The molecule has 2 fully saturated rings. The first-order chi connectivity index (χ1) is 12.3. The Balaban J connectivity index is 1.48. The highest BCUT2D eigenvalue weighted by molar-refractivity contribution is 7.99. The third-order valence-electron chi connectivity index (χ3n) is 5.03. The van der Waals surface area contributed by atoms with Crippen molar-refractivity contribution in [1.29, 1.82) is 0 Å². The van der Waals surface area contributed by atoms with E-state index in [4.69, 9.17) is 10.5 Å². The molecule has 1 aromatic carbocycles. The lowest BCUT2D eigenvalue weighted by Crippen LogP contribution is -2.52. The van der Waals surface area contributed by atoms with Crippen molar-refractivity contribution >= 4 is 17.7 Å². The number of thioether (sulfide) groups is 1. The fourth-order valence-electron chi connectivity index (χ4n) is 3.49. The lowest BCUT2D eigenvalue weighted by Gasteiger charge is -2.40. The minimum Gasteiger partial charge on any atom is -0.494 e. The molecule has 0 spiro atoms. The number of rotatable bonds is 6. The van der Waals surface area contributed by atoms with Crippen LogP contribution in [0.5, 0.6) is 5.75 Å². The molecule has 2 saturated heterocycles. The second-order valence-electron chi connectivity index (χ2n) is 6.69. The number of carbonyl (C=O) groups is 1. The number of carbonyl (C=O) groups excluding carboxylic acids is 1. The Hall–Kier alpha value is -1.24. The molecule has 1 aromatic rings. The van der Waals surface area contributed by atoms with Crippen LogP contribution in [0.1, 0.15) is 29.6 Å². The van der Waals surface area contributed by atoms with Crippen LogP contribution in [0.25, 0.3) is 0 Å². The molecule has 138 valence electrons. The summed E-state index contributed by atoms with van der Waals surface area (Å²) in [5.74, 6) is 3.49. The first-order valence-corrected chi connectivity index (χ1v) is 10.5. The van der Waals surface area contributed by atoms with Crippen LogP contribution in [0.2, 0.25) is 0 Å². The molecule has 0 aromatic heterocycles. The number of piperazine rings is 1.